The molecule has 10 nitrogen and oxygen atoms in total. The molecule has 3 heterocycles. The summed E-state index contributed by atoms with van der Waals surface area (Å²) in [4.78, 5) is 32.9. The van der Waals surface area contributed by atoms with E-state index in [9.17, 15) is 18.0 Å². The first-order valence-electron chi connectivity index (χ1n) is 8.92. The Bertz CT molecular complexity index is 1030. The van der Waals surface area contributed by atoms with Crippen LogP contribution in [0.1, 0.15) is 6.92 Å². The molecule has 0 spiro atoms. The zero-order valence-electron chi connectivity index (χ0n) is 16.7. The smallest absolute Gasteiger partial charge is 0.475 e. The second-order valence-electron chi connectivity index (χ2n) is 6.19. The van der Waals surface area contributed by atoms with Gasteiger partial charge in [-0.05, 0) is 6.92 Å². The van der Waals surface area contributed by atoms with Gasteiger partial charge in [-0.25, -0.2) is 4.79 Å². The molecule has 0 bridgehead atoms. The van der Waals surface area contributed by atoms with Crippen LogP contribution in [0.25, 0.3) is 11.2 Å². The summed E-state index contributed by atoms with van der Waals surface area (Å²) in [5.74, 6) is 4.43. The van der Waals surface area contributed by atoms with Crippen LogP contribution >= 0.6 is 0 Å². The number of hydrogen-bond acceptors (Lipinski definition) is 7. The molecule has 0 saturated carbocycles. The maximum absolute atomic E-state index is 12.7. The number of nitrogens with zero attached hydrogens (tertiary/aromatic N) is 5. The molecule has 2 aromatic heterocycles. The quantitative estimate of drug-likeness (QED) is 0.594. The number of carboxylic acids is 1. The highest BCUT2D eigenvalue weighted by molar-refractivity contribution is 5.75. The largest absolute Gasteiger partial charge is 0.490 e. The lowest BCUT2D eigenvalue weighted by atomic mass is 10.4. The molecular formula is C17H22F3N7O3. The third kappa shape index (κ3) is 5.01. The number of aliphatic carboxylic acids is 1. The van der Waals surface area contributed by atoms with E-state index >= 15 is 0 Å². The van der Waals surface area contributed by atoms with Gasteiger partial charge in [0.25, 0.3) is 5.56 Å². The lowest BCUT2D eigenvalue weighted by molar-refractivity contribution is -0.192. The van der Waals surface area contributed by atoms with E-state index in [1.165, 1.54) is 4.57 Å². The number of alkyl halides is 3. The number of nitrogens with one attached hydrogen (secondary N) is 2. The fourth-order valence-corrected chi connectivity index (χ4v) is 2.79. The average Bonchev–Trinajstić information content (AvgIpc) is 3.08. The number of carboxylic acid groups (broad SMARTS) is 1. The van der Waals surface area contributed by atoms with Crippen LogP contribution in [0, 0.1) is 11.8 Å². The molecule has 13 heteroatoms. The Morgan fingerprint density at radius 1 is 1.30 bits per heavy atom. The highest BCUT2D eigenvalue weighted by atomic mass is 19.4. The molecule has 0 atom stereocenters. The summed E-state index contributed by atoms with van der Waals surface area (Å²) in [5, 5.41) is 13.4. The van der Waals surface area contributed by atoms with Crippen LogP contribution in [-0.2, 0) is 18.4 Å². The fourth-order valence-electron chi connectivity index (χ4n) is 2.79. The Morgan fingerprint density at radius 3 is 2.40 bits per heavy atom. The molecule has 0 aliphatic carbocycles. The minimum Gasteiger partial charge on any atom is -0.475 e. The van der Waals surface area contributed by atoms with Crippen molar-refractivity contribution in [2.24, 2.45) is 7.05 Å². The van der Waals surface area contributed by atoms with E-state index in [0.717, 1.165) is 32.1 Å². The van der Waals surface area contributed by atoms with E-state index in [-0.39, 0.29) is 5.56 Å². The van der Waals surface area contributed by atoms with Gasteiger partial charge in [-0.2, -0.15) is 23.1 Å². The summed E-state index contributed by atoms with van der Waals surface area (Å²) in [7, 11) is 3.44. The predicted molar refractivity (Wildman–Crippen MR) is 105 cm³/mol. The molecular weight excluding hydrogens is 407 g/mol. The first kappa shape index (κ1) is 23.0. The molecule has 1 saturated heterocycles. The number of anilines is 2. The monoisotopic (exact) mass is 429 g/mol. The van der Waals surface area contributed by atoms with Crippen LogP contribution < -0.4 is 21.1 Å². The van der Waals surface area contributed by atoms with Gasteiger partial charge in [-0.15, -0.1) is 5.92 Å². The van der Waals surface area contributed by atoms with E-state index in [0.29, 0.717) is 23.7 Å². The molecule has 1 aliphatic rings. The van der Waals surface area contributed by atoms with E-state index in [2.05, 4.69) is 37.3 Å². The fraction of sp³-hybridized carbons (Fsp3) is 0.529. The van der Waals surface area contributed by atoms with Gasteiger partial charge in [0.15, 0.2) is 11.2 Å². The molecule has 1 aliphatic heterocycles. The Kier molecular flexibility index (Phi) is 7.28. The van der Waals surface area contributed by atoms with Crippen molar-refractivity contribution in [3.8, 4) is 11.8 Å². The summed E-state index contributed by atoms with van der Waals surface area (Å²) in [5.41, 5.74) is 0.845. The van der Waals surface area contributed by atoms with Gasteiger partial charge in [0.05, 0.1) is 6.54 Å². The standard InChI is InChI=1S/C15H21N7O.C2HF3O2/c1-4-5-8-22-11-12(18-14(16-2)20(3)13(11)23)19-15(22)21-9-6-17-7-10-21;3-2(4,5)1(6)7/h17H,6-10H2,1-3H3,(H,16,18);(H,6,7). The first-order chi connectivity index (χ1) is 14.1. The number of rotatable bonds is 3. The van der Waals surface area contributed by atoms with Crippen molar-refractivity contribution in [1.29, 1.82) is 0 Å². The normalized spacial score (nSPS) is 13.9. The third-order valence-corrected chi connectivity index (χ3v) is 4.25. The van der Waals surface area contributed by atoms with Gasteiger partial charge in [-0.1, -0.05) is 5.92 Å². The summed E-state index contributed by atoms with van der Waals surface area (Å²) in [6.07, 6.45) is -5.08. The molecule has 0 aromatic carbocycles. The summed E-state index contributed by atoms with van der Waals surface area (Å²) in [6.45, 7) is 5.72. The van der Waals surface area contributed by atoms with Crippen molar-refractivity contribution in [2.45, 2.75) is 19.6 Å². The average molecular weight is 429 g/mol. The minimum absolute atomic E-state index is 0.119. The molecule has 0 unspecified atom stereocenters. The van der Waals surface area contributed by atoms with Crippen molar-refractivity contribution >= 4 is 29.0 Å². The topological polar surface area (TPSA) is 117 Å². The van der Waals surface area contributed by atoms with Crippen LogP contribution in [0.4, 0.5) is 25.1 Å². The van der Waals surface area contributed by atoms with Crippen molar-refractivity contribution < 1.29 is 23.1 Å². The van der Waals surface area contributed by atoms with Crippen molar-refractivity contribution in [3.63, 3.8) is 0 Å². The van der Waals surface area contributed by atoms with Crippen molar-refractivity contribution in [1.82, 2.24) is 24.4 Å². The first-order valence-corrected chi connectivity index (χ1v) is 8.92. The van der Waals surface area contributed by atoms with E-state index in [1.807, 2.05) is 4.57 Å². The minimum atomic E-state index is -5.08. The number of halogens is 3. The summed E-state index contributed by atoms with van der Waals surface area (Å²) >= 11 is 0. The number of fused-ring (bicyclic) bond motifs is 1. The SMILES string of the molecule is CC#CCn1c(N2CCNCC2)nc2nc(NC)n(C)c(=O)c21.O=C(O)C(F)(F)F. The number of hydrogen-bond donors (Lipinski definition) is 3. The molecule has 0 amide bonds. The Hall–Kier alpha value is -3.27. The van der Waals surface area contributed by atoms with Gasteiger partial charge in [0, 0.05) is 40.3 Å². The second-order valence-corrected chi connectivity index (χ2v) is 6.19. The van der Waals surface area contributed by atoms with Gasteiger partial charge < -0.3 is 20.6 Å². The van der Waals surface area contributed by atoms with E-state index in [1.54, 1.807) is 21.0 Å². The van der Waals surface area contributed by atoms with Crippen LogP contribution in [0.3, 0.4) is 0 Å². The highest BCUT2D eigenvalue weighted by Gasteiger charge is 2.38. The third-order valence-electron chi connectivity index (χ3n) is 4.25. The molecule has 1 fully saturated rings. The van der Waals surface area contributed by atoms with E-state index in [4.69, 9.17) is 9.90 Å². The number of imidazole rings is 1. The number of piperazine rings is 1. The maximum atomic E-state index is 12.7. The molecule has 0 radical (unpaired) electrons. The van der Waals surface area contributed by atoms with Crippen molar-refractivity contribution in [2.75, 3.05) is 43.4 Å². The van der Waals surface area contributed by atoms with Gasteiger partial charge in [0.1, 0.15) is 0 Å². The molecule has 30 heavy (non-hydrogen) atoms. The van der Waals surface area contributed by atoms with Gasteiger partial charge >= 0.3 is 12.1 Å². The number of aromatic nitrogens is 4. The molecule has 3 rings (SSSR count). The zero-order chi connectivity index (χ0) is 22.5. The summed E-state index contributed by atoms with van der Waals surface area (Å²) < 4.78 is 35.1. The Labute approximate surface area is 169 Å². The van der Waals surface area contributed by atoms with E-state index < -0.39 is 12.1 Å². The Morgan fingerprint density at radius 2 is 1.90 bits per heavy atom. The van der Waals surface area contributed by atoms with Gasteiger partial charge in [0.2, 0.25) is 11.9 Å². The Balaban J connectivity index is 0.000000396. The molecule has 3 N–H and O–H groups in total. The molecule has 164 valence electrons. The van der Waals surface area contributed by atoms with Crippen LogP contribution in [-0.4, -0.2) is 69.6 Å². The van der Waals surface area contributed by atoms with Gasteiger partial charge in [-0.3, -0.25) is 13.9 Å². The second kappa shape index (κ2) is 9.49. The summed E-state index contributed by atoms with van der Waals surface area (Å²) in [6, 6.07) is 0. The van der Waals surface area contributed by atoms with Crippen LogP contribution in [0.2, 0.25) is 0 Å². The predicted octanol–water partition coefficient (Wildman–Crippen LogP) is 0.238. The maximum Gasteiger partial charge on any atom is 0.490 e. The lowest BCUT2D eigenvalue weighted by Gasteiger charge is -2.28. The zero-order valence-corrected chi connectivity index (χ0v) is 16.7. The molecule has 2 aromatic rings. The lowest BCUT2D eigenvalue weighted by Crippen LogP contribution is -2.44. The highest BCUT2D eigenvalue weighted by Crippen LogP contribution is 2.20. The number of carbonyl (C=O) groups is 1. The van der Waals surface area contributed by atoms with Crippen molar-refractivity contribution in [3.05, 3.63) is 10.4 Å². The van der Waals surface area contributed by atoms with Crippen LogP contribution in [0.15, 0.2) is 4.79 Å². The van der Waals surface area contributed by atoms with Crippen LogP contribution in [0.5, 0.6) is 0 Å².